The molecule has 104 valence electrons. The molecule has 7 heteroatoms. The Hall–Kier alpha value is -2.23. The minimum absolute atomic E-state index is 0.000246. The molecular formula is C12H17N3O4. The first-order chi connectivity index (χ1) is 9.04. The Morgan fingerprint density at radius 3 is 2.42 bits per heavy atom. The molecule has 19 heavy (non-hydrogen) atoms. The van der Waals surface area contributed by atoms with Gasteiger partial charge in [-0.3, -0.25) is 9.59 Å². The van der Waals surface area contributed by atoms with Gasteiger partial charge in [0.15, 0.2) is 0 Å². The van der Waals surface area contributed by atoms with Crippen molar-refractivity contribution < 1.29 is 19.5 Å². The summed E-state index contributed by atoms with van der Waals surface area (Å²) in [7, 11) is 0. The maximum atomic E-state index is 11.6. The van der Waals surface area contributed by atoms with Crippen LogP contribution in [0.3, 0.4) is 0 Å². The van der Waals surface area contributed by atoms with Crippen LogP contribution in [0, 0.1) is 18.3 Å². The molecule has 0 aromatic rings. The van der Waals surface area contributed by atoms with E-state index >= 15 is 0 Å². The first-order valence-electron chi connectivity index (χ1n) is 6.00. The lowest BCUT2D eigenvalue weighted by Gasteiger charge is -2.18. The molecule has 1 aliphatic carbocycles. The first kappa shape index (κ1) is 14.8. The number of carboxylic acids is 1. The van der Waals surface area contributed by atoms with Gasteiger partial charge in [0.05, 0.1) is 6.54 Å². The van der Waals surface area contributed by atoms with E-state index in [1.807, 2.05) is 0 Å². The van der Waals surface area contributed by atoms with Gasteiger partial charge >= 0.3 is 12.0 Å². The lowest BCUT2D eigenvalue weighted by Crippen LogP contribution is -2.45. The predicted octanol–water partition coefficient (Wildman–Crippen LogP) is -0.758. The van der Waals surface area contributed by atoms with Crippen molar-refractivity contribution in [3.05, 3.63) is 0 Å². The van der Waals surface area contributed by atoms with E-state index in [0.717, 1.165) is 17.7 Å². The molecule has 1 saturated carbocycles. The zero-order valence-corrected chi connectivity index (χ0v) is 10.5. The molecule has 0 aromatic heterocycles. The van der Waals surface area contributed by atoms with Crippen molar-refractivity contribution in [3.63, 3.8) is 0 Å². The van der Waals surface area contributed by atoms with Gasteiger partial charge in [-0.15, -0.1) is 6.42 Å². The third kappa shape index (κ3) is 5.77. The van der Waals surface area contributed by atoms with Gasteiger partial charge in [0.2, 0.25) is 5.91 Å². The Balaban J connectivity index is 2.21. The van der Waals surface area contributed by atoms with Gasteiger partial charge in [-0.05, 0) is 12.8 Å². The monoisotopic (exact) mass is 267 g/mol. The molecule has 0 radical (unpaired) electrons. The molecule has 0 spiro atoms. The molecule has 1 fully saturated rings. The largest absolute Gasteiger partial charge is 0.480 e. The van der Waals surface area contributed by atoms with Gasteiger partial charge in [-0.2, -0.15) is 0 Å². The van der Waals surface area contributed by atoms with Crippen LogP contribution in [0.5, 0.6) is 0 Å². The highest BCUT2D eigenvalue weighted by atomic mass is 16.4. The summed E-state index contributed by atoms with van der Waals surface area (Å²) in [6, 6.07) is -0.555. The van der Waals surface area contributed by atoms with Crippen LogP contribution >= 0.6 is 0 Å². The second-order valence-electron chi connectivity index (χ2n) is 4.25. The van der Waals surface area contributed by atoms with E-state index in [9.17, 15) is 14.4 Å². The first-order valence-corrected chi connectivity index (χ1v) is 6.00. The summed E-state index contributed by atoms with van der Waals surface area (Å²) in [5.41, 5.74) is 0. The van der Waals surface area contributed by atoms with Crippen LogP contribution in [0.4, 0.5) is 4.79 Å². The number of nitrogens with zero attached hydrogens (tertiary/aromatic N) is 1. The summed E-state index contributed by atoms with van der Waals surface area (Å²) >= 11 is 0. The number of hydrogen-bond acceptors (Lipinski definition) is 3. The number of rotatable bonds is 7. The highest BCUT2D eigenvalue weighted by Crippen LogP contribution is 2.28. The maximum absolute atomic E-state index is 11.6. The number of amides is 3. The fourth-order valence-electron chi connectivity index (χ4n) is 1.43. The van der Waals surface area contributed by atoms with Crippen molar-refractivity contribution in [2.75, 3.05) is 26.2 Å². The van der Waals surface area contributed by atoms with E-state index in [2.05, 4.69) is 16.6 Å². The molecule has 0 saturated heterocycles. The number of aliphatic carboxylic acids is 1. The number of carbonyl (C=O) groups excluding carboxylic acids is 2. The average Bonchev–Trinajstić information content (AvgIpc) is 3.17. The van der Waals surface area contributed by atoms with Crippen LogP contribution in [0.25, 0.3) is 0 Å². The van der Waals surface area contributed by atoms with Crippen molar-refractivity contribution in [3.8, 4) is 12.3 Å². The summed E-state index contributed by atoms with van der Waals surface area (Å²) in [5, 5.41) is 13.8. The van der Waals surface area contributed by atoms with Crippen LogP contribution in [-0.4, -0.2) is 54.1 Å². The Labute approximate surface area is 111 Å². The van der Waals surface area contributed by atoms with Gasteiger partial charge in [0.25, 0.3) is 0 Å². The Morgan fingerprint density at radius 1 is 1.26 bits per heavy atom. The predicted molar refractivity (Wildman–Crippen MR) is 67.2 cm³/mol. The highest BCUT2D eigenvalue weighted by molar-refractivity contribution is 5.81. The minimum Gasteiger partial charge on any atom is -0.480 e. The number of hydrogen-bond donors (Lipinski definition) is 3. The molecule has 0 unspecified atom stereocenters. The third-order valence-electron chi connectivity index (χ3n) is 2.54. The molecular weight excluding hydrogens is 250 g/mol. The average molecular weight is 267 g/mol. The molecule has 0 aromatic carbocycles. The number of carboxylic acid groups (broad SMARTS) is 1. The number of urea groups is 1. The number of nitrogens with one attached hydrogen (secondary N) is 2. The SMILES string of the molecule is C#CCN(CC(=O)O)C(=O)NCCNC(=O)C1CC1. The lowest BCUT2D eigenvalue weighted by atomic mass is 10.4. The Bertz CT molecular complexity index is 398. The van der Waals surface area contributed by atoms with Crippen LogP contribution in [0.1, 0.15) is 12.8 Å². The van der Waals surface area contributed by atoms with E-state index in [0.29, 0.717) is 6.54 Å². The van der Waals surface area contributed by atoms with Crippen molar-refractivity contribution >= 4 is 17.9 Å². The minimum atomic E-state index is -1.13. The van der Waals surface area contributed by atoms with E-state index in [4.69, 9.17) is 11.5 Å². The van der Waals surface area contributed by atoms with Crippen molar-refractivity contribution in [1.82, 2.24) is 15.5 Å². The van der Waals surface area contributed by atoms with Crippen molar-refractivity contribution in [2.24, 2.45) is 5.92 Å². The fraction of sp³-hybridized carbons (Fsp3) is 0.583. The molecule has 1 aliphatic rings. The molecule has 0 aliphatic heterocycles. The smallest absolute Gasteiger partial charge is 0.323 e. The molecule has 0 bridgehead atoms. The molecule has 3 N–H and O–H groups in total. The Kier molecular flexibility index (Phi) is 5.67. The molecule has 1 rings (SSSR count). The van der Waals surface area contributed by atoms with Crippen molar-refractivity contribution in [2.45, 2.75) is 12.8 Å². The van der Waals surface area contributed by atoms with Crippen LogP contribution in [-0.2, 0) is 9.59 Å². The Morgan fingerprint density at radius 2 is 1.89 bits per heavy atom. The molecule has 7 nitrogen and oxygen atoms in total. The van der Waals surface area contributed by atoms with Gasteiger partial charge in [0.1, 0.15) is 6.54 Å². The topological polar surface area (TPSA) is 98.7 Å². The second kappa shape index (κ2) is 7.26. The maximum Gasteiger partial charge on any atom is 0.323 e. The van der Waals surface area contributed by atoms with Crippen LogP contribution < -0.4 is 10.6 Å². The van der Waals surface area contributed by atoms with Gasteiger partial charge in [-0.1, -0.05) is 5.92 Å². The standard InChI is InChI=1S/C12H17N3O4/c1-2-7-15(8-10(16)17)12(19)14-6-5-13-11(18)9-3-4-9/h1,9H,3-8H2,(H,13,18)(H,14,19)(H,16,17). The number of carbonyl (C=O) groups is 3. The highest BCUT2D eigenvalue weighted by Gasteiger charge is 2.29. The summed E-state index contributed by atoms with van der Waals surface area (Å²) in [5.74, 6) is 1.21. The summed E-state index contributed by atoms with van der Waals surface area (Å²) in [6.07, 6.45) is 6.90. The van der Waals surface area contributed by atoms with Gasteiger partial charge in [-0.25, -0.2) is 4.79 Å². The van der Waals surface area contributed by atoms with E-state index < -0.39 is 18.5 Å². The molecule has 0 heterocycles. The summed E-state index contributed by atoms with van der Waals surface area (Å²) in [4.78, 5) is 34.4. The van der Waals surface area contributed by atoms with Crippen LogP contribution in [0.2, 0.25) is 0 Å². The second-order valence-corrected chi connectivity index (χ2v) is 4.25. The van der Waals surface area contributed by atoms with Crippen molar-refractivity contribution in [1.29, 1.82) is 0 Å². The fourth-order valence-corrected chi connectivity index (χ4v) is 1.43. The normalized spacial score (nSPS) is 13.2. The quantitative estimate of drug-likeness (QED) is 0.417. The summed E-state index contributed by atoms with van der Waals surface area (Å²) in [6.45, 7) is 0.0209. The lowest BCUT2D eigenvalue weighted by molar-refractivity contribution is -0.137. The van der Waals surface area contributed by atoms with Gasteiger partial charge in [0, 0.05) is 19.0 Å². The van der Waals surface area contributed by atoms with E-state index in [1.165, 1.54) is 0 Å². The van der Waals surface area contributed by atoms with E-state index in [-0.39, 0.29) is 24.9 Å². The third-order valence-corrected chi connectivity index (χ3v) is 2.54. The summed E-state index contributed by atoms with van der Waals surface area (Å²) < 4.78 is 0. The molecule has 3 amide bonds. The number of terminal acetylenes is 1. The van der Waals surface area contributed by atoms with Gasteiger partial charge < -0.3 is 20.6 Å². The zero-order chi connectivity index (χ0) is 14.3. The van der Waals surface area contributed by atoms with E-state index in [1.54, 1.807) is 0 Å². The zero-order valence-electron chi connectivity index (χ0n) is 10.5. The molecule has 0 atom stereocenters. The van der Waals surface area contributed by atoms with Crippen LogP contribution in [0.15, 0.2) is 0 Å².